The van der Waals surface area contributed by atoms with Crippen LogP contribution in [0.4, 0.5) is 0 Å². The average molecular weight is 545 g/mol. The summed E-state index contributed by atoms with van der Waals surface area (Å²) in [5.41, 5.74) is 4.22. The van der Waals surface area contributed by atoms with Crippen molar-refractivity contribution >= 4 is 5.97 Å². The summed E-state index contributed by atoms with van der Waals surface area (Å²) >= 11 is 0. The van der Waals surface area contributed by atoms with E-state index in [0.717, 1.165) is 63.5 Å². The maximum Gasteiger partial charge on any atom is 0.303 e. The standard InChI is InChI=1S/C36H48O4/c1-36-22-21-31-30-18-17-29(40-25-26-13-9-8-10-14-26)24-28(30)23-27(35(31)32(36)19-20-33(36)37)15-11-6-4-2-3-5-7-12-16-34(38)39/h8-11,13-15,17-18,24,27,31-33,35,37H,2-7,12,16,19-23,25H2,1H3,(H,38,39)/b15-11+/t27-,31-,32+,33+,35-,36+/m1/s1. The zero-order valence-electron chi connectivity index (χ0n) is 24.3. The minimum absolute atomic E-state index is 0.0597. The number of hydrogen-bond acceptors (Lipinski definition) is 3. The number of carboxylic acids is 1. The quantitative estimate of drug-likeness (QED) is 0.196. The third-order valence-electron chi connectivity index (χ3n) is 10.4. The Morgan fingerprint density at radius 3 is 2.58 bits per heavy atom. The Hall–Kier alpha value is -2.59. The van der Waals surface area contributed by atoms with Gasteiger partial charge in [0.25, 0.3) is 0 Å². The molecule has 2 aromatic rings. The monoisotopic (exact) mass is 544 g/mol. The first-order chi connectivity index (χ1) is 19.5. The van der Waals surface area contributed by atoms with Crippen LogP contribution in [-0.2, 0) is 17.8 Å². The number of carboxylic acid groups (broad SMARTS) is 1. The van der Waals surface area contributed by atoms with Gasteiger partial charge in [0.05, 0.1) is 6.10 Å². The molecule has 0 heterocycles. The number of hydrogen-bond donors (Lipinski definition) is 2. The van der Waals surface area contributed by atoms with Crippen LogP contribution in [-0.4, -0.2) is 22.3 Å². The molecule has 5 rings (SSSR count). The summed E-state index contributed by atoms with van der Waals surface area (Å²) in [6, 6.07) is 17.2. The number of carbonyl (C=O) groups is 1. The fourth-order valence-corrected chi connectivity index (χ4v) is 8.18. The summed E-state index contributed by atoms with van der Waals surface area (Å²) in [6.45, 7) is 2.95. The van der Waals surface area contributed by atoms with E-state index >= 15 is 0 Å². The number of aliphatic carboxylic acids is 1. The van der Waals surface area contributed by atoms with Crippen molar-refractivity contribution in [1.82, 2.24) is 0 Å². The van der Waals surface area contributed by atoms with Crippen molar-refractivity contribution in [2.75, 3.05) is 0 Å². The van der Waals surface area contributed by atoms with Crippen LogP contribution < -0.4 is 4.74 Å². The molecule has 216 valence electrons. The van der Waals surface area contributed by atoms with E-state index in [-0.39, 0.29) is 11.5 Å². The molecule has 0 aliphatic heterocycles. The van der Waals surface area contributed by atoms with Crippen LogP contribution in [0.3, 0.4) is 0 Å². The minimum atomic E-state index is -0.681. The number of allylic oxidation sites excluding steroid dienone is 2. The van der Waals surface area contributed by atoms with E-state index < -0.39 is 5.97 Å². The van der Waals surface area contributed by atoms with Crippen molar-refractivity contribution in [3.8, 4) is 5.75 Å². The van der Waals surface area contributed by atoms with Gasteiger partial charge in [0.1, 0.15) is 12.4 Å². The van der Waals surface area contributed by atoms with Gasteiger partial charge in [-0.3, -0.25) is 4.79 Å². The lowest BCUT2D eigenvalue weighted by molar-refractivity contribution is -0.137. The molecular weight excluding hydrogens is 496 g/mol. The van der Waals surface area contributed by atoms with Crippen molar-refractivity contribution in [2.24, 2.45) is 23.2 Å². The molecule has 0 aromatic heterocycles. The highest BCUT2D eigenvalue weighted by molar-refractivity contribution is 5.66. The molecule has 3 aliphatic rings. The van der Waals surface area contributed by atoms with Crippen molar-refractivity contribution in [3.05, 3.63) is 77.4 Å². The zero-order valence-corrected chi connectivity index (χ0v) is 24.3. The van der Waals surface area contributed by atoms with E-state index in [1.807, 2.05) is 6.07 Å². The average Bonchev–Trinajstić information content (AvgIpc) is 3.26. The summed E-state index contributed by atoms with van der Waals surface area (Å²) < 4.78 is 6.22. The van der Waals surface area contributed by atoms with Crippen molar-refractivity contribution in [3.63, 3.8) is 0 Å². The van der Waals surface area contributed by atoms with E-state index in [9.17, 15) is 9.90 Å². The van der Waals surface area contributed by atoms with Gasteiger partial charge in [0.2, 0.25) is 0 Å². The smallest absolute Gasteiger partial charge is 0.303 e. The fourth-order valence-electron chi connectivity index (χ4n) is 8.18. The molecule has 4 heteroatoms. The second-order valence-corrected chi connectivity index (χ2v) is 12.9. The number of rotatable bonds is 13. The van der Waals surface area contributed by atoms with Crippen molar-refractivity contribution in [2.45, 2.75) is 109 Å². The first-order valence-electron chi connectivity index (χ1n) is 15.8. The molecule has 2 saturated carbocycles. The summed E-state index contributed by atoms with van der Waals surface area (Å²) in [7, 11) is 0. The minimum Gasteiger partial charge on any atom is -0.489 e. The molecule has 40 heavy (non-hydrogen) atoms. The number of fused-ring (bicyclic) bond motifs is 5. The third-order valence-corrected chi connectivity index (χ3v) is 10.4. The number of benzene rings is 2. The van der Waals surface area contributed by atoms with E-state index in [1.54, 1.807) is 0 Å². The van der Waals surface area contributed by atoms with Gasteiger partial charge in [-0.2, -0.15) is 0 Å². The maximum atomic E-state index is 11.0. The second-order valence-electron chi connectivity index (χ2n) is 12.9. The second kappa shape index (κ2) is 13.4. The first-order valence-corrected chi connectivity index (χ1v) is 15.8. The molecule has 0 bridgehead atoms. The number of aliphatic hydroxyl groups is 1. The van der Waals surface area contributed by atoms with Crippen LogP contribution in [0.5, 0.6) is 5.75 Å². The number of ether oxygens (including phenoxy) is 1. The Morgan fingerprint density at radius 2 is 1.77 bits per heavy atom. The lowest BCUT2D eigenvalue weighted by atomic mass is 9.52. The molecule has 6 atom stereocenters. The molecular formula is C36H48O4. The van der Waals surface area contributed by atoms with Crippen molar-refractivity contribution < 1.29 is 19.7 Å². The molecule has 4 nitrogen and oxygen atoms in total. The highest BCUT2D eigenvalue weighted by Gasteiger charge is 2.56. The van der Waals surface area contributed by atoms with Crippen LogP contribution in [0.25, 0.3) is 0 Å². The Bertz CT molecular complexity index is 1140. The summed E-state index contributed by atoms with van der Waals surface area (Å²) in [5, 5.41) is 19.7. The molecule has 2 N–H and O–H groups in total. The predicted molar refractivity (Wildman–Crippen MR) is 160 cm³/mol. The van der Waals surface area contributed by atoms with E-state index in [0.29, 0.717) is 36.7 Å². The number of aliphatic hydroxyl groups excluding tert-OH is 1. The zero-order chi connectivity index (χ0) is 28.0. The highest BCUT2D eigenvalue weighted by atomic mass is 16.5. The summed E-state index contributed by atoms with van der Waals surface area (Å²) in [4.78, 5) is 10.7. The van der Waals surface area contributed by atoms with Gasteiger partial charge in [0, 0.05) is 6.42 Å². The molecule has 0 radical (unpaired) electrons. The Balaban J connectivity index is 1.24. The Labute approximate surface area is 240 Å². The molecule has 3 aliphatic carbocycles. The van der Waals surface area contributed by atoms with Gasteiger partial charge in [-0.25, -0.2) is 0 Å². The molecule has 0 saturated heterocycles. The van der Waals surface area contributed by atoms with E-state index in [1.165, 1.54) is 36.0 Å². The highest BCUT2D eigenvalue weighted by Crippen LogP contribution is 2.62. The SMILES string of the molecule is C[C@]12CC[C@@H]3c4ccc(OCc5ccccc5)cc4C[C@@H](/C=C/CCCCCCCCC(=O)O)[C@H]3[C@@H]1CC[C@@H]2O. The lowest BCUT2D eigenvalue weighted by Gasteiger charge is -2.52. The topological polar surface area (TPSA) is 66.8 Å². The van der Waals surface area contributed by atoms with E-state index in [4.69, 9.17) is 9.84 Å². The Morgan fingerprint density at radius 1 is 1.00 bits per heavy atom. The molecule has 0 unspecified atom stereocenters. The van der Waals surface area contributed by atoms with E-state index in [2.05, 4.69) is 61.5 Å². The van der Waals surface area contributed by atoms with Gasteiger partial charge >= 0.3 is 5.97 Å². The summed E-state index contributed by atoms with van der Waals surface area (Å²) in [5.74, 6) is 2.54. The third kappa shape index (κ3) is 6.65. The molecule has 2 aromatic carbocycles. The molecule has 0 spiro atoms. The van der Waals surface area contributed by atoms with Crippen LogP contribution >= 0.6 is 0 Å². The van der Waals surface area contributed by atoms with Crippen LogP contribution in [0.15, 0.2) is 60.7 Å². The first kappa shape index (κ1) is 28.9. The lowest BCUT2D eigenvalue weighted by Crippen LogP contribution is -2.46. The predicted octanol–water partition coefficient (Wildman–Crippen LogP) is 8.47. The van der Waals surface area contributed by atoms with Gasteiger partial charge in [0.15, 0.2) is 0 Å². The molecule has 2 fully saturated rings. The van der Waals surface area contributed by atoms with Gasteiger partial charge in [-0.05, 0) is 109 Å². The number of unbranched alkanes of at least 4 members (excludes halogenated alkanes) is 6. The largest absolute Gasteiger partial charge is 0.489 e. The molecule has 0 amide bonds. The van der Waals surface area contributed by atoms with Crippen LogP contribution in [0.2, 0.25) is 0 Å². The normalized spacial score (nSPS) is 29.1. The van der Waals surface area contributed by atoms with Gasteiger partial charge in [-0.1, -0.05) is 81.2 Å². The van der Waals surface area contributed by atoms with Crippen LogP contribution in [0.1, 0.15) is 107 Å². The van der Waals surface area contributed by atoms with Crippen LogP contribution in [0, 0.1) is 23.2 Å². The van der Waals surface area contributed by atoms with Crippen molar-refractivity contribution in [1.29, 1.82) is 0 Å². The van der Waals surface area contributed by atoms with Gasteiger partial charge < -0.3 is 14.9 Å². The summed E-state index contributed by atoms with van der Waals surface area (Å²) in [6.07, 6.45) is 18.2. The van der Waals surface area contributed by atoms with Gasteiger partial charge in [-0.15, -0.1) is 0 Å². The fraction of sp³-hybridized carbons (Fsp3) is 0.583. The Kier molecular flexibility index (Phi) is 9.68. The maximum absolute atomic E-state index is 11.0.